The van der Waals surface area contributed by atoms with E-state index in [0.717, 1.165) is 23.3 Å². The van der Waals surface area contributed by atoms with Crippen LogP contribution >= 0.6 is 11.8 Å². The molecule has 5 nitrogen and oxygen atoms in total. The lowest BCUT2D eigenvalue weighted by Crippen LogP contribution is -2.26. The first-order chi connectivity index (χ1) is 11.7. The van der Waals surface area contributed by atoms with E-state index in [1.54, 1.807) is 0 Å². The summed E-state index contributed by atoms with van der Waals surface area (Å²) in [4.78, 5) is 23.2. The smallest absolute Gasteiger partial charge is 0.275 e. The Bertz CT molecular complexity index is 889. The highest BCUT2D eigenvalue weighted by atomic mass is 32.2. The molecule has 3 aromatic rings. The molecule has 24 heavy (non-hydrogen) atoms. The van der Waals surface area contributed by atoms with Gasteiger partial charge in [0, 0.05) is 34.5 Å². The van der Waals surface area contributed by atoms with Gasteiger partial charge in [0.2, 0.25) is 0 Å². The van der Waals surface area contributed by atoms with Crippen LogP contribution < -0.4 is 10.9 Å². The molecule has 1 aliphatic rings. The van der Waals surface area contributed by atoms with Gasteiger partial charge in [0.15, 0.2) is 0 Å². The van der Waals surface area contributed by atoms with Gasteiger partial charge in [0.1, 0.15) is 11.0 Å². The van der Waals surface area contributed by atoms with Crippen LogP contribution in [-0.4, -0.2) is 26.7 Å². The molecule has 0 bridgehead atoms. The van der Waals surface area contributed by atoms with Gasteiger partial charge in [-0.15, -0.1) is 11.8 Å². The van der Waals surface area contributed by atoms with Crippen molar-refractivity contribution in [3.63, 3.8) is 0 Å². The zero-order valence-corrected chi connectivity index (χ0v) is 14.3. The molecule has 1 saturated heterocycles. The number of aromatic nitrogens is 3. The van der Waals surface area contributed by atoms with Crippen LogP contribution in [0.1, 0.15) is 24.9 Å². The number of thioether (sulfide) groups is 1. The first-order valence-corrected chi connectivity index (χ1v) is 9.19. The molecule has 3 N–H and O–H groups in total. The van der Waals surface area contributed by atoms with E-state index in [-0.39, 0.29) is 11.6 Å². The molecule has 1 unspecified atom stereocenters. The summed E-state index contributed by atoms with van der Waals surface area (Å²) >= 11 is 1.88. The van der Waals surface area contributed by atoms with Gasteiger partial charge in [-0.1, -0.05) is 25.1 Å². The van der Waals surface area contributed by atoms with Crippen molar-refractivity contribution in [2.75, 3.05) is 5.75 Å². The van der Waals surface area contributed by atoms with Crippen LogP contribution in [0.4, 0.5) is 0 Å². The maximum Gasteiger partial charge on any atom is 0.275 e. The highest BCUT2D eigenvalue weighted by Gasteiger charge is 2.33. The summed E-state index contributed by atoms with van der Waals surface area (Å²) in [6, 6.07) is 11.2. The molecule has 1 fully saturated rings. The van der Waals surface area contributed by atoms with Crippen LogP contribution in [0.2, 0.25) is 0 Å². The molecule has 2 aromatic heterocycles. The Balaban J connectivity index is 1.50. The second-order valence-corrected chi connectivity index (χ2v) is 7.47. The summed E-state index contributed by atoms with van der Waals surface area (Å²) in [6.07, 6.45) is 4.53. The van der Waals surface area contributed by atoms with Gasteiger partial charge in [-0.3, -0.25) is 4.79 Å². The van der Waals surface area contributed by atoms with Gasteiger partial charge >= 0.3 is 0 Å². The van der Waals surface area contributed by atoms with Gasteiger partial charge in [-0.2, -0.15) is 0 Å². The summed E-state index contributed by atoms with van der Waals surface area (Å²) in [7, 11) is 0. The van der Waals surface area contributed by atoms with Crippen LogP contribution in [0.25, 0.3) is 11.0 Å². The normalized spacial score (nSPS) is 23.8. The van der Waals surface area contributed by atoms with Crippen molar-refractivity contribution in [1.29, 1.82) is 0 Å². The van der Waals surface area contributed by atoms with Crippen LogP contribution in [0.15, 0.2) is 52.5 Å². The van der Waals surface area contributed by atoms with E-state index in [2.05, 4.69) is 51.5 Å². The number of H-pyrrole nitrogens is 2. The summed E-state index contributed by atoms with van der Waals surface area (Å²) in [5, 5.41) is 3.73. The van der Waals surface area contributed by atoms with E-state index in [1.165, 1.54) is 11.2 Å². The lowest BCUT2D eigenvalue weighted by atomic mass is 9.96. The minimum absolute atomic E-state index is 0.118. The molecular formula is C18H20N4OS. The Kier molecular flexibility index (Phi) is 4.16. The summed E-state index contributed by atoms with van der Waals surface area (Å²) in [6.45, 7) is 2.26. The zero-order chi connectivity index (χ0) is 16.5. The van der Waals surface area contributed by atoms with E-state index in [0.29, 0.717) is 17.5 Å². The second kappa shape index (κ2) is 6.45. The highest BCUT2D eigenvalue weighted by Crippen LogP contribution is 2.36. The summed E-state index contributed by atoms with van der Waals surface area (Å²) < 4.78 is 0. The Labute approximate surface area is 144 Å². The molecule has 1 aliphatic heterocycles. The molecule has 0 spiro atoms. The predicted molar refractivity (Wildman–Crippen MR) is 97.3 cm³/mol. The Morgan fingerprint density at radius 1 is 1.25 bits per heavy atom. The van der Waals surface area contributed by atoms with E-state index in [4.69, 9.17) is 0 Å². The highest BCUT2D eigenvalue weighted by molar-refractivity contribution is 7.99. The van der Waals surface area contributed by atoms with Crippen molar-refractivity contribution in [3.8, 4) is 0 Å². The molecule has 1 aromatic carbocycles. The van der Waals surface area contributed by atoms with Crippen molar-refractivity contribution in [2.45, 2.75) is 30.3 Å². The van der Waals surface area contributed by atoms with Gasteiger partial charge in [0.05, 0.1) is 6.33 Å². The van der Waals surface area contributed by atoms with Crippen LogP contribution in [0, 0.1) is 5.92 Å². The molecule has 0 saturated carbocycles. The maximum atomic E-state index is 11.9. The SMILES string of the molecule is CC1C[C@@H](CSc2ccccc2)N[C@H]1c1c[nH]c2c(=O)[nH]cnc12. The van der Waals surface area contributed by atoms with Crippen molar-refractivity contribution in [1.82, 2.24) is 20.3 Å². The molecule has 3 atom stereocenters. The molecule has 0 amide bonds. The first kappa shape index (κ1) is 15.5. The van der Waals surface area contributed by atoms with Crippen LogP contribution in [0.3, 0.4) is 0 Å². The number of benzene rings is 1. The number of nitrogens with zero attached hydrogens (tertiary/aromatic N) is 1. The third kappa shape index (κ3) is 2.87. The van der Waals surface area contributed by atoms with E-state index in [1.807, 2.05) is 24.0 Å². The van der Waals surface area contributed by atoms with Crippen molar-refractivity contribution in [3.05, 3.63) is 58.8 Å². The Morgan fingerprint density at radius 2 is 2.08 bits per heavy atom. The Morgan fingerprint density at radius 3 is 2.92 bits per heavy atom. The molecular weight excluding hydrogens is 320 g/mol. The minimum atomic E-state index is -0.118. The summed E-state index contributed by atoms with van der Waals surface area (Å²) in [5.74, 6) is 1.55. The summed E-state index contributed by atoms with van der Waals surface area (Å²) in [5.41, 5.74) is 2.31. The average molecular weight is 340 g/mol. The molecule has 4 rings (SSSR count). The number of nitrogens with one attached hydrogen (secondary N) is 3. The van der Waals surface area contributed by atoms with Crippen LogP contribution in [0.5, 0.6) is 0 Å². The molecule has 3 heterocycles. The topological polar surface area (TPSA) is 73.6 Å². The van der Waals surface area contributed by atoms with Crippen molar-refractivity contribution in [2.24, 2.45) is 5.92 Å². The lowest BCUT2D eigenvalue weighted by Gasteiger charge is -2.15. The second-order valence-electron chi connectivity index (χ2n) is 6.38. The lowest BCUT2D eigenvalue weighted by molar-refractivity contribution is 0.504. The fourth-order valence-electron chi connectivity index (χ4n) is 3.50. The van der Waals surface area contributed by atoms with Gasteiger partial charge in [0.25, 0.3) is 5.56 Å². The monoisotopic (exact) mass is 340 g/mol. The standard InChI is InChI=1S/C18H20N4OS/c1-11-7-12(9-24-13-5-3-2-4-6-13)22-15(11)14-8-19-17-16(14)20-10-21-18(17)23/h2-6,8,10-12,15,19,22H,7,9H2,1H3,(H,20,21,23)/t11?,12-,15+/m0/s1. The maximum absolute atomic E-state index is 11.9. The fraction of sp³-hybridized carbons (Fsp3) is 0.333. The first-order valence-electron chi connectivity index (χ1n) is 8.21. The third-order valence-corrected chi connectivity index (χ3v) is 5.84. The average Bonchev–Trinajstić information content (AvgIpc) is 3.18. The van der Waals surface area contributed by atoms with Crippen molar-refractivity contribution < 1.29 is 0 Å². The van der Waals surface area contributed by atoms with Gasteiger partial charge in [-0.25, -0.2) is 4.98 Å². The Hall–Kier alpha value is -2.05. The van der Waals surface area contributed by atoms with Crippen molar-refractivity contribution >= 4 is 22.8 Å². The quantitative estimate of drug-likeness (QED) is 0.638. The number of aromatic amines is 2. The van der Waals surface area contributed by atoms with Crippen LogP contribution in [-0.2, 0) is 0 Å². The molecule has 124 valence electrons. The third-order valence-electron chi connectivity index (χ3n) is 4.67. The molecule has 0 aliphatic carbocycles. The van der Waals surface area contributed by atoms with Gasteiger partial charge in [-0.05, 0) is 24.5 Å². The largest absolute Gasteiger partial charge is 0.355 e. The molecule has 6 heteroatoms. The number of hydrogen-bond acceptors (Lipinski definition) is 4. The number of rotatable bonds is 4. The minimum Gasteiger partial charge on any atom is -0.355 e. The van der Waals surface area contributed by atoms with Gasteiger partial charge < -0.3 is 15.3 Å². The van der Waals surface area contributed by atoms with E-state index in [9.17, 15) is 4.79 Å². The predicted octanol–water partition coefficient (Wildman–Crippen LogP) is 3.08. The van der Waals surface area contributed by atoms with E-state index >= 15 is 0 Å². The zero-order valence-electron chi connectivity index (χ0n) is 13.5. The molecule has 0 radical (unpaired) electrons. The van der Waals surface area contributed by atoms with E-state index < -0.39 is 0 Å². The number of hydrogen-bond donors (Lipinski definition) is 3. The number of fused-ring (bicyclic) bond motifs is 1. The fourth-order valence-corrected chi connectivity index (χ4v) is 4.48.